The maximum atomic E-state index is 14.0. The van der Waals surface area contributed by atoms with Crippen LogP contribution >= 0.6 is 0 Å². The lowest BCUT2D eigenvalue weighted by atomic mass is 10.1. The third-order valence-corrected chi connectivity index (χ3v) is 6.94. The van der Waals surface area contributed by atoms with Gasteiger partial charge < -0.3 is 10.1 Å². The lowest BCUT2D eigenvalue weighted by Crippen LogP contribution is -2.53. The minimum Gasteiger partial charge on any atom is -0.376 e. The Kier molecular flexibility index (Phi) is 9.14. The highest BCUT2D eigenvalue weighted by atomic mass is 32.2. The molecule has 2 amide bonds. The Morgan fingerprint density at radius 3 is 2.59 bits per heavy atom. The topological polar surface area (TPSA) is 105 Å². The molecule has 0 unspecified atom stereocenters. The molecule has 2 atom stereocenters. The number of hydrogen-bond acceptors (Lipinski definition) is 5. The average molecular weight is 492 g/mol. The summed E-state index contributed by atoms with van der Waals surface area (Å²) in [7, 11) is -3.95. The smallest absolute Gasteiger partial charge is 0.243 e. The molecule has 0 radical (unpaired) electrons. The molecule has 34 heavy (non-hydrogen) atoms. The van der Waals surface area contributed by atoms with Crippen LogP contribution < -0.4 is 14.9 Å². The van der Waals surface area contributed by atoms with E-state index in [1.165, 1.54) is 35.2 Å². The summed E-state index contributed by atoms with van der Waals surface area (Å²) in [6.45, 7) is 2.24. The second-order valence-corrected chi connectivity index (χ2v) is 9.83. The Balaban J connectivity index is 1.82. The number of benzene rings is 2. The van der Waals surface area contributed by atoms with E-state index in [0.717, 1.165) is 18.9 Å². The highest BCUT2D eigenvalue weighted by Gasteiger charge is 2.32. The molecule has 1 heterocycles. The zero-order valence-electron chi connectivity index (χ0n) is 19.1. The van der Waals surface area contributed by atoms with Crippen LogP contribution in [0.5, 0.6) is 0 Å². The summed E-state index contributed by atoms with van der Waals surface area (Å²) < 4.78 is 47.0. The summed E-state index contributed by atoms with van der Waals surface area (Å²) in [6.07, 6.45) is 2.57. The molecule has 10 heteroatoms. The monoisotopic (exact) mass is 491 g/mol. The van der Waals surface area contributed by atoms with Crippen molar-refractivity contribution in [2.75, 3.05) is 24.6 Å². The minimum atomic E-state index is -3.95. The molecule has 1 aliphatic rings. The zero-order valence-corrected chi connectivity index (χ0v) is 19.9. The minimum absolute atomic E-state index is 0.0134. The van der Waals surface area contributed by atoms with E-state index < -0.39 is 40.2 Å². The highest BCUT2D eigenvalue weighted by molar-refractivity contribution is 7.89. The van der Waals surface area contributed by atoms with E-state index in [1.54, 1.807) is 18.2 Å². The second kappa shape index (κ2) is 12.0. The largest absolute Gasteiger partial charge is 0.376 e. The van der Waals surface area contributed by atoms with Gasteiger partial charge in [-0.3, -0.25) is 14.5 Å². The Labute approximate surface area is 199 Å². The molecular formula is C24H30FN3O5S. The third kappa shape index (κ3) is 6.85. The van der Waals surface area contributed by atoms with E-state index in [0.29, 0.717) is 26.0 Å². The molecule has 3 rings (SSSR count). The van der Waals surface area contributed by atoms with Crippen molar-refractivity contribution in [3.8, 4) is 0 Å². The number of hydrogen-bond donors (Lipinski definition) is 2. The number of amides is 2. The van der Waals surface area contributed by atoms with Crippen LogP contribution in [0.15, 0.2) is 59.5 Å². The van der Waals surface area contributed by atoms with E-state index in [2.05, 4.69) is 10.0 Å². The van der Waals surface area contributed by atoms with Crippen molar-refractivity contribution >= 4 is 27.5 Å². The molecule has 184 valence electrons. The van der Waals surface area contributed by atoms with Crippen molar-refractivity contribution in [3.63, 3.8) is 0 Å². The van der Waals surface area contributed by atoms with Crippen LogP contribution in [0, 0.1) is 5.82 Å². The quantitative estimate of drug-likeness (QED) is 0.503. The molecule has 8 nitrogen and oxygen atoms in total. The highest BCUT2D eigenvalue weighted by Crippen LogP contribution is 2.22. The molecule has 0 saturated carbocycles. The average Bonchev–Trinajstić information content (AvgIpc) is 3.35. The van der Waals surface area contributed by atoms with Crippen molar-refractivity contribution in [2.45, 2.75) is 49.6 Å². The molecule has 1 saturated heterocycles. The predicted molar refractivity (Wildman–Crippen MR) is 126 cm³/mol. The molecule has 1 fully saturated rings. The third-order valence-electron chi connectivity index (χ3n) is 5.53. The van der Waals surface area contributed by atoms with Crippen LogP contribution in [0.3, 0.4) is 0 Å². The van der Waals surface area contributed by atoms with Gasteiger partial charge in [-0.25, -0.2) is 17.5 Å². The van der Waals surface area contributed by atoms with Crippen LogP contribution in [0.4, 0.5) is 10.1 Å². The van der Waals surface area contributed by atoms with E-state index in [-0.39, 0.29) is 16.7 Å². The summed E-state index contributed by atoms with van der Waals surface area (Å²) in [4.78, 5) is 27.6. The fraction of sp³-hybridized carbons (Fsp3) is 0.417. The Morgan fingerprint density at radius 2 is 1.94 bits per heavy atom. The van der Waals surface area contributed by atoms with Gasteiger partial charge in [0.25, 0.3) is 0 Å². The summed E-state index contributed by atoms with van der Waals surface area (Å²) in [5.41, 5.74) is 0.176. The van der Waals surface area contributed by atoms with Crippen LogP contribution in [0.1, 0.15) is 32.6 Å². The second-order valence-electron chi connectivity index (χ2n) is 8.07. The number of rotatable bonds is 11. The number of carbonyl (C=O) groups excluding carboxylic acids is 2. The number of carbonyl (C=O) groups is 2. The first-order valence-corrected chi connectivity index (χ1v) is 12.8. The number of ether oxygens (including phenoxy) is 1. The van der Waals surface area contributed by atoms with Crippen molar-refractivity contribution in [2.24, 2.45) is 0 Å². The number of anilines is 1. The summed E-state index contributed by atoms with van der Waals surface area (Å²) in [5, 5.41) is 2.84. The van der Waals surface area contributed by atoms with Crippen molar-refractivity contribution < 1.29 is 27.1 Å². The maximum Gasteiger partial charge on any atom is 0.243 e. The number of halogens is 1. The summed E-state index contributed by atoms with van der Waals surface area (Å²) in [6, 6.07) is 12.1. The van der Waals surface area contributed by atoms with Gasteiger partial charge in [-0.15, -0.1) is 0 Å². The SMILES string of the molecule is CCC[C@H](C(=O)NC[C@H]1CCCO1)N(C(=O)CNS(=O)(=O)c1ccccc1)c1cccc(F)c1. The Morgan fingerprint density at radius 1 is 1.18 bits per heavy atom. The van der Waals surface area contributed by atoms with Crippen molar-refractivity contribution in [1.82, 2.24) is 10.0 Å². The molecule has 2 N–H and O–H groups in total. The number of nitrogens with one attached hydrogen (secondary N) is 2. The van der Waals surface area contributed by atoms with Crippen LogP contribution in [0.25, 0.3) is 0 Å². The number of nitrogens with zero attached hydrogens (tertiary/aromatic N) is 1. The molecule has 0 aromatic heterocycles. The fourth-order valence-electron chi connectivity index (χ4n) is 3.84. The first-order valence-electron chi connectivity index (χ1n) is 11.3. The molecule has 0 bridgehead atoms. The van der Waals surface area contributed by atoms with Crippen LogP contribution in [-0.2, 0) is 24.3 Å². The van der Waals surface area contributed by atoms with Gasteiger partial charge in [0.1, 0.15) is 11.9 Å². The van der Waals surface area contributed by atoms with Gasteiger partial charge in [-0.05, 0) is 49.6 Å². The zero-order chi connectivity index (χ0) is 24.6. The predicted octanol–water partition coefficient (Wildman–Crippen LogP) is 2.60. The molecule has 2 aromatic rings. The van der Waals surface area contributed by atoms with Crippen molar-refractivity contribution in [3.05, 3.63) is 60.4 Å². The molecular weight excluding hydrogens is 461 g/mol. The van der Waals surface area contributed by atoms with Gasteiger partial charge in [0.15, 0.2) is 0 Å². The van der Waals surface area contributed by atoms with E-state index in [4.69, 9.17) is 4.74 Å². The van der Waals surface area contributed by atoms with Gasteiger partial charge in [-0.1, -0.05) is 37.6 Å². The summed E-state index contributed by atoms with van der Waals surface area (Å²) in [5.74, 6) is -1.65. The van der Waals surface area contributed by atoms with Crippen molar-refractivity contribution in [1.29, 1.82) is 0 Å². The first-order chi connectivity index (χ1) is 16.3. The van der Waals surface area contributed by atoms with Gasteiger partial charge in [-0.2, -0.15) is 0 Å². The van der Waals surface area contributed by atoms with E-state index in [1.807, 2.05) is 6.92 Å². The molecule has 1 aliphatic heterocycles. The number of sulfonamides is 1. The van der Waals surface area contributed by atoms with E-state index in [9.17, 15) is 22.4 Å². The van der Waals surface area contributed by atoms with E-state index >= 15 is 0 Å². The Hall–Kier alpha value is -2.82. The normalized spacial score (nSPS) is 16.7. The lowest BCUT2D eigenvalue weighted by Gasteiger charge is -2.31. The molecule has 2 aromatic carbocycles. The van der Waals surface area contributed by atoms with Gasteiger partial charge in [0, 0.05) is 18.8 Å². The standard InChI is InChI=1S/C24H30FN3O5S/c1-2-8-22(24(30)26-16-20-11-7-14-33-20)28(19-10-6-9-18(25)15-19)23(29)17-27-34(31,32)21-12-4-3-5-13-21/h3-6,9-10,12-13,15,20,22,27H,2,7-8,11,14,16-17H2,1H3,(H,26,30)/t20-,22-/m1/s1. The van der Waals surface area contributed by atoms with Gasteiger partial charge in [0.2, 0.25) is 21.8 Å². The summed E-state index contributed by atoms with van der Waals surface area (Å²) >= 11 is 0. The van der Waals surface area contributed by atoms with Crippen LogP contribution in [0.2, 0.25) is 0 Å². The maximum absolute atomic E-state index is 14.0. The fourth-order valence-corrected chi connectivity index (χ4v) is 4.83. The van der Waals surface area contributed by atoms with Gasteiger partial charge in [0.05, 0.1) is 17.5 Å². The van der Waals surface area contributed by atoms with Gasteiger partial charge >= 0.3 is 0 Å². The molecule has 0 spiro atoms. The lowest BCUT2D eigenvalue weighted by molar-refractivity contribution is -0.126. The first kappa shape index (κ1) is 25.8. The Bertz CT molecular complexity index is 1080. The van der Waals surface area contributed by atoms with Crippen LogP contribution in [-0.4, -0.2) is 52.1 Å². The molecule has 0 aliphatic carbocycles.